The van der Waals surface area contributed by atoms with Crippen LogP contribution < -0.4 is 18.9 Å². The Hall–Kier alpha value is -2.11. The molecule has 0 atom stereocenters. The van der Waals surface area contributed by atoms with Crippen LogP contribution in [-0.4, -0.2) is 27.8 Å². The van der Waals surface area contributed by atoms with Crippen molar-refractivity contribution in [3.63, 3.8) is 0 Å². The molecule has 0 saturated carbocycles. The third-order valence-electron chi connectivity index (χ3n) is 3.57. The van der Waals surface area contributed by atoms with Gasteiger partial charge in [-0.05, 0) is 42.2 Å². The number of thioether (sulfide) groups is 1. The molecular weight excluding hydrogens is 407 g/mol. The van der Waals surface area contributed by atoms with Crippen molar-refractivity contribution in [1.82, 2.24) is 4.72 Å². The van der Waals surface area contributed by atoms with Crippen molar-refractivity contribution >= 4 is 21.8 Å². The summed E-state index contributed by atoms with van der Waals surface area (Å²) in [7, 11) is -3.94. The van der Waals surface area contributed by atoms with E-state index in [-0.39, 0.29) is 23.1 Å². The molecule has 6 nitrogen and oxygen atoms in total. The van der Waals surface area contributed by atoms with Crippen LogP contribution in [0, 0.1) is 0 Å². The number of hydrogen-bond donors (Lipinski definition) is 1. The fourth-order valence-corrected chi connectivity index (χ4v) is 4.01. The van der Waals surface area contributed by atoms with Crippen molar-refractivity contribution in [3.05, 3.63) is 42.0 Å². The van der Waals surface area contributed by atoms with Gasteiger partial charge in [-0.2, -0.15) is 0 Å². The van der Waals surface area contributed by atoms with E-state index >= 15 is 0 Å². The summed E-state index contributed by atoms with van der Waals surface area (Å²) in [6.07, 6.45) is -3.34. The molecular formula is C16H14F3NO5S2. The van der Waals surface area contributed by atoms with Gasteiger partial charge in [0, 0.05) is 6.54 Å². The quantitative estimate of drug-likeness (QED) is 0.720. The van der Waals surface area contributed by atoms with Crippen LogP contribution >= 0.6 is 11.8 Å². The van der Waals surface area contributed by atoms with E-state index in [2.05, 4.69) is 9.46 Å². The van der Waals surface area contributed by atoms with E-state index in [4.69, 9.17) is 9.47 Å². The number of nitrogens with one attached hydrogen (secondary N) is 1. The average Bonchev–Trinajstić information content (AvgIpc) is 3.06. The minimum atomic E-state index is -4.86. The number of fused-ring (bicyclic) bond motifs is 1. The molecule has 0 radical (unpaired) electrons. The fraction of sp³-hybridized carbons (Fsp3) is 0.250. The largest absolute Gasteiger partial charge is 0.573 e. The molecule has 11 heteroatoms. The van der Waals surface area contributed by atoms with Crippen LogP contribution in [0.1, 0.15) is 5.56 Å². The van der Waals surface area contributed by atoms with E-state index in [1.54, 1.807) is 18.2 Å². The molecule has 0 aliphatic carbocycles. The van der Waals surface area contributed by atoms with E-state index in [1.165, 1.54) is 6.26 Å². The van der Waals surface area contributed by atoms with E-state index in [9.17, 15) is 21.6 Å². The zero-order chi connectivity index (χ0) is 19.7. The summed E-state index contributed by atoms with van der Waals surface area (Å²) in [4.78, 5) is -0.111. The summed E-state index contributed by atoms with van der Waals surface area (Å²) < 4.78 is 78.9. The predicted octanol–water partition coefficient (Wildman–Crippen LogP) is 3.51. The highest BCUT2D eigenvalue weighted by Gasteiger charge is 2.32. The smallest absolute Gasteiger partial charge is 0.454 e. The van der Waals surface area contributed by atoms with Crippen LogP contribution in [0.2, 0.25) is 0 Å². The molecule has 0 saturated heterocycles. The maximum Gasteiger partial charge on any atom is 0.573 e. The van der Waals surface area contributed by atoms with Crippen LogP contribution in [0.25, 0.3) is 0 Å². The molecule has 146 valence electrons. The number of rotatable bonds is 6. The van der Waals surface area contributed by atoms with E-state index in [0.29, 0.717) is 17.1 Å². The first kappa shape index (κ1) is 19.6. The molecule has 0 amide bonds. The zero-order valence-electron chi connectivity index (χ0n) is 13.9. The van der Waals surface area contributed by atoms with Crippen LogP contribution in [0.5, 0.6) is 17.2 Å². The highest BCUT2D eigenvalue weighted by atomic mass is 32.2. The second-order valence-corrected chi connectivity index (χ2v) is 7.99. The number of sulfonamides is 1. The summed E-state index contributed by atoms with van der Waals surface area (Å²) in [6.45, 7) is 0.0860. The van der Waals surface area contributed by atoms with Gasteiger partial charge in [0.1, 0.15) is 5.75 Å². The Kier molecular flexibility index (Phi) is 5.45. The van der Waals surface area contributed by atoms with Crippen LogP contribution in [-0.2, 0) is 16.6 Å². The summed E-state index contributed by atoms with van der Waals surface area (Å²) in [5.41, 5.74) is 0.643. The van der Waals surface area contributed by atoms with Crippen LogP contribution in [0.15, 0.2) is 46.2 Å². The van der Waals surface area contributed by atoms with Gasteiger partial charge in [0.25, 0.3) is 0 Å². The van der Waals surface area contributed by atoms with E-state index in [0.717, 1.165) is 30.0 Å². The Balaban J connectivity index is 1.76. The number of halogens is 3. The molecule has 0 unspecified atom stereocenters. The molecule has 0 fully saturated rings. The zero-order valence-corrected chi connectivity index (χ0v) is 15.5. The summed E-state index contributed by atoms with van der Waals surface area (Å²) in [6, 6.07) is 8.17. The lowest BCUT2D eigenvalue weighted by atomic mass is 10.2. The lowest BCUT2D eigenvalue weighted by Crippen LogP contribution is -2.23. The van der Waals surface area contributed by atoms with Crippen LogP contribution in [0.3, 0.4) is 0 Å². The monoisotopic (exact) mass is 421 g/mol. The Morgan fingerprint density at radius 1 is 1.15 bits per heavy atom. The lowest BCUT2D eigenvalue weighted by Gasteiger charge is -2.14. The van der Waals surface area contributed by atoms with Gasteiger partial charge in [-0.1, -0.05) is 6.07 Å². The number of alkyl halides is 3. The summed E-state index contributed by atoms with van der Waals surface area (Å²) >= 11 is 0.947. The molecule has 0 aromatic heterocycles. The second kappa shape index (κ2) is 7.49. The van der Waals surface area contributed by atoms with Gasteiger partial charge in [-0.3, -0.25) is 0 Å². The molecule has 1 aliphatic rings. The van der Waals surface area contributed by atoms with Crippen molar-refractivity contribution in [2.45, 2.75) is 22.7 Å². The first-order valence-corrected chi connectivity index (χ1v) is 10.2. The maximum atomic E-state index is 12.5. The molecule has 0 spiro atoms. The standard InChI is InChI=1S/C16H14F3NO5S2/c1-26-15-7-11(3-5-13(15)25-16(17,18)19)27(21,22)20-8-10-2-4-12-14(6-10)24-9-23-12/h2-7,20H,8-9H2,1H3. The fourth-order valence-electron chi connectivity index (χ4n) is 2.34. The van der Waals surface area contributed by atoms with Crippen molar-refractivity contribution < 1.29 is 35.8 Å². The Morgan fingerprint density at radius 2 is 1.89 bits per heavy atom. The Morgan fingerprint density at radius 3 is 2.59 bits per heavy atom. The third-order valence-corrected chi connectivity index (χ3v) is 5.73. The van der Waals surface area contributed by atoms with Gasteiger partial charge in [0.2, 0.25) is 16.8 Å². The first-order valence-electron chi connectivity index (χ1n) is 7.50. The summed E-state index contributed by atoms with van der Waals surface area (Å²) in [5, 5.41) is 0. The van der Waals surface area contributed by atoms with Gasteiger partial charge in [0.15, 0.2) is 11.5 Å². The minimum absolute atomic E-state index is 0.0195. The highest BCUT2D eigenvalue weighted by Crippen LogP contribution is 2.34. The number of benzene rings is 2. The minimum Gasteiger partial charge on any atom is -0.454 e. The Bertz CT molecular complexity index is 948. The van der Waals surface area contributed by atoms with Crippen molar-refractivity contribution in [2.75, 3.05) is 13.0 Å². The molecule has 0 bridgehead atoms. The number of hydrogen-bond acceptors (Lipinski definition) is 6. The van der Waals surface area contributed by atoms with E-state index in [1.807, 2.05) is 0 Å². The molecule has 2 aromatic rings. The average molecular weight is 421 g/mol. The number of ether oxygens (including phenoxy) is 3. The topological polar surface area (TPSA) is 73.9 Å². The molecule has 1 N–H and O–H groups in total. The molecule has 2 aromatic carbocycles. The second-order valence-electron chi connectivity index (χ2n) is 5.37. The molecule has 1 aliphatic heterocycles. The van der Waals surface area contributed by atoms with Gasteiger partial charge in [-0.25, -0.2) is 13.1 Å². The van der Waals surface area contributed by atoms with Gasteiger partial charge >= 0.3 is 6.36 Å². The third kappa shape index (κ3) is 4.79. The first-order chi connectivity index (χ1) is 12.7. The van der Waals surface area contributed by atoms with Crippen molar-refractivity contribution in [1.29, 1.82) is 0 Å². The molecule has 3 rings (SSSR count). The van der Waals surface area contributed by atoms with Crippen molar-refractivity contribution in [2.24, 2.45) is 0 Å². The van der Waals surface area contributed by atoms with Crippen molar-refractivity contribution in [3.8, 4) is 17.2 Å². The SMILES string of the molecule is CSc1cc(S(=O)(=O)NCc2ccc3c(c2)OCO3)ccc1OC(F)(F)F. The summed E-state index contributed by atoms with van der Waals surface area (Å²) in [5.74, 6) is 0.640. The van der Waals surface area contributed by atoms with Gasteiger partial charge in [-0.15, -0.1) is 24.9 Å². The highest BCUT2D eigenvalue weighted by molar-refractivity contribution is 7.98. The van der Waals surface area contributed by atoms with Crippen LogP contribution in [0.4, 0.5) is 13.2 Å². The Labute approximate surface area is 157 Å². The normalized spacial score (nSPS) is 13.6. The molecule has 1 heterocycles. The lowest BCUT2D eigenvalue weighted by molar-refractivity contribution is -0.275. The van der Waals surface area contributed by atoms with Gasteiger partial charge < -0.3 is 14.2 Å². The van der Waals surface area contributed by atoms with Gasteiger partial charge in [0.05, 0.1) is 9.79 Å². The molecule has 27 heavy (non-hydrogen) atoms. The maximum absolute atomic E-state index is 12.5. The predicted molar refractivity (Wildman–Crippen MR) is 91.5 cm³/mol. The van der Waals surface area contributed by atoms with E-state index < -0.39 is 22.1 Å².